The van der Waals surface area contributed by atoms with Gasteiger partial charge in [-0.3, -0.25) is 4.79 Å². The number of anilines is 2. The van der Waals surface area contributed by atoms with Crippen molar-refractivity contribution in [3.05, 3.63) is 60.2 Å². The molecule has 8 heteroatoms. The summed E-state index contributed by atoms with van der Waals surface area (Å²) in [5, 5.41) is 4.77. The fourth-order valence-electron chi connectivity index (χ4n) is 3.02. The van der Waals surface area contributed by atoms with E-state index >= 15 is 0 Å². The molecule has 3 rings (SSSR count). The van der Waals surface area contributed by atoms with Gasteiger partial charge in [-0.05, 0) is 24.3 Å². The normalized spacial score (nSPS) is 17.1. The predicted octanol–water partition coefficient (Wildman–Crippen LogP) is 3.88. The van der Waals surface area contributed by atoms with Crippen molar-refractivity contribution in [1.82, 2.24) is 5.32 Å². The van der Waals surface area contributed by atoms with E-state index in [9.17, 15) is 22.8 Å². The van der Waals surface area contributed by atoms with Gasteiger partial charge in [0.2, 0.25) is 5.91 Å². The van der Waals surface area contributed by atoms with Crippen molar-refractivity contribution >= 4 is 23.3 Å². The van der Waals surface area contributed by atoms with Crippen LogP contribution in [0, 0.1) is 5.92 Å². The lowest BCUT2D eigenvalue weighted by atomic mass is 10.1. The third-order valence-corrected chi connectivity index (χ3v) is 4.30. The highest BCUT2D eigenvalue weighted by Crippen LogP contribution is 2.34. The predicted molar refractivity (Wildman–Crippen MR) is 95.4 cm³/mol. The molecular formula is C19H18F3N3O2. The summed E-state index contributed by atoms with van der Waals surface area (Å²) in [6.45, 7) is 0.636. The largest absolute Gasteiger partial charge is 0.418 e. The van der Waals surface area contributed by atoms with Gasteiger partial charge >= 0.3 is 12.2 Å². The van der Waals surface area contributed by atoms with E-state index in [0.717, 1.165) is 11.8 Å². The molecule has 1 heterocycles. The monoisotopic (exact) mass is 377 g/mol. The maximum Gasteiger partial charge on any atom is 0.418 e. The maximum atomic E-state index is 13.0. The number of hydrogen-bond donors (Lipinski definition) is 2. The first kappa shape index (κ1) is 18.8. The van der Waals surface area contributed by atoms with Crippen molar-refractivity contribution < 1.29 is 22.8 Å². The van der Waals surface area contributed by atoms with E-state index in [2.05, 4.69) is 10.6 Å². The van der Waals surface area contributed by atoms with Gasteiger partial charge in [0, 0.05) is 31.1 Å². The Hall–Kier alpha value is -3.03. The van der Waals surface area contributed by atoms with E-state index in [1.165, 1.54) is 18.2 Å². The van der Waals surface area contributed by atoms with Gasteiger partial charge < -0.3 is 15.5 Å². The fraction of sp³-hybridized carbons (Fsp3) is 0.263. The van der Waals surface area contributed by atoms with Gasteiger partial charge in [-0.25, -0.2) is 4.79 Å². The molecule has 0 aliphatic carbocycles. The Morgan fingerprint density at radius 1 is 1.07 bits per heavy atom. The minimum Gasteiger partial charge on any atom is -0.338 e. The van der Waals surface area contributed by atoms with Crippen LogP contribution in [0.5, 0.6) is 0 Å². The first-order chi connectivity index (χ1) is 12.8. The summed E-state index contributed by atoms with van der Waals surface area (Å²) < 4.78 is 38.9. The molecule has 3 amide bonds. The zero-order valence-electron chi connectivity index (χ0n) is 14.3. The topological polar surface area (TPSA) is 61.4 Å². The fourth-order valence-corrected chi connectivity index (χ4v) is 3.02. The van der Waals surface area contributed by atoms with Gasteiger partial charge in [0.25, 0.3) is 0 Å². The number of carbonyl (C=O) groups excluding carboxylic acids is 2. The molecule has 2 N–H and O–H groups in total. The maximum absolute atomic E-state index is 13.0. The van der Waals surface area contributed by atoms with Gasteiger partial charge in [-0.2, -0.15) is 13.2 Å². The van der Waals surface area contributed by atoms with Crippen LogP contribution in [0.15, 0.2) is 54.6 Å². The lowest BCUT2D eigenvalue weighted by Crippen LogP contribution is -2.34. The van der Waals surface area contributed by atoms with Crippen molar-refractivity contribution in [3.8, 4) is 0 Å². The van der Waals surface area contributed by atoms with E-state index in [1.54, 1.807) is 4.90 Å². The van der Waals surface area contributed by atoms with E-state index < -0.39 is 17.8 Å². The van der Waals surface area contributed by atoms with E-state index in [0.29, 0.717) is 6.54 Å². The lowest BCUT2D eigenvalue weighted by Gasteiger charge is -2.17. The molecule has 0 unspecified atom stereocenters. The summed E-state index contributed by atoms with van der Waals surface area (Å²) in [5.41, 5.74) is -0.434. The number of para-hydroxylation sites is 2. The molecular weight excluding hydrogens is 359 g/mol. The van der Waals surface area contributed by atoms with Crippen LogP contribution < -0.4 is 15.5 Å². The standard InChI is InChI=1S/C19H18F3N3O2/c20-19(21,22)15-8-4-5-9-16(15)24-18(27)23-11-13-10-17(26)25(12-13)14-6-2-1-3-7-14/h1-9,13H,10-12H2,(H2,23,24,27)/t13-/m0/s1. The summed E-state index contributed by atoms with van der Waals surface area (Å²) in [6.07, 6.45) is -4.29. The molecule has 142 valence electrons. The third-order valence-electron chi connectivity index (χ3n) is 4.30. The molecule has 0 saturated carbocycles. The first-order valence-electron chi connectivity index (χ1n) is 8.41. The SMILES string of the molecule is O=C(NC[C@@H]1CC(=O)N(c2ccccc2)C1)Nc1ccccc1C(F)(F)F. The number of carbonyl (C=O) groups is 2. The Kier molecular flexibility index (Phi) is 5.34. The average Bonchev–Trinajstić information content (AvgIpc) is 3.01. The molecule has 5 nitrogen and oxygen atoms in total. The minimum absolute atomic E-state index is 0.0455. The Labute approximate surface area is 154 Å². The number of benzene rings is 2. The van der Waals surface area contributed by atoms with Gasteiger partial charge in [-0.15, -0.1) is 0 Å². The Morgan fingerprint density at radius 3 is 2.44 bits per heavy atom. The molecule has 0 aromatic heterocycles. The number of alkyl halides is 3. The molecule has 2 aromatic rings. The van der Waals surface area contributed by atoms with Crippen molar-refractivity contribution in [2.24, 2.45) is 5.92 Å². The lowest BCUT2D eigenvalue weighted by molar-refractivity contribution is -0.136. The number of halogens is 3. The van der Waals surface area contributed by atoms with E-state index in [-0.39, 0.29) is 30.5 Å². The second-order valence-corrected chi connectivity index (χ2v) is 6.29. The second kappa shape index (κ2) is 7.69. The van der Waals surface area contributed by atoms with Crippen LogP contribution in [0.4, 0.5) is 29.3 Å². The summed E-state index contributed by atoms with van der Waals surface area (Å²) in [7, 11) is 0. The number of amides is 3. The van der Waals surface area contributed by atoms with Crippen LogP contribution >= 0.6 is 0 Å². The van der Waals surface area contributed by atoms with Gasteiger partial charge in [0.15, 0.2) is 0 Å². The number of nitrogens with one attached hydrogen (secondary N) is 2. The summed E-state index contributed by atoms with van der Waals surface area (Å²) >= 11 is 0. The van der Waals surface area contributed by atoms with Crippen molar-refractivity contribution in [2.45, 2.75) is 12.6 Å². The highest BCUT2D eigenvalue weighted by Gasteiger charge is 2.34. The van der Waals surface area contributed by atoms with Gasteiger partial charge in [0.05, 0.1) is 11.3 Å². The van der Waals surface area contributed by atoms with Crippen LogP contribution in [-0.4, -0.2) is 25.0 Å². The highest BCUT2D eigenvalue weighted by atomic mass is 19.4. The Morgan fingerprint density at radius 2 is 1.74 bits per heavy atom. The van der Waals surface area contributed by atoms with Crippen LogP contribution in [0.3, 0.4) is 0 Å². The molecule has 1 aliphatic rings. The molecule has 0 spiro atoms. The molecule has 1 aliphatic heterocycles. The van der Waals surface area contributed by atoms with Crippen LogP contribution in [0.25, 0.3) is 0 Å². The highest BCUT2D eigenvalue weighted by molar-refractivity contribution is 5.96. The van der Waals surface area contributed by atoms with Crippen molar-refractivity contribution in [2.75, 3.05) is 23.3 Å². The van der Waals surface area contributed by atoms with Crippen LogP contribution in [-0.2, 0) is 11.0 Å². The molecule has 1 saturated heterocycles. The molecule has 0 bridgehead atoms. The minimum atomic E-state index is -4.56. The van der Waals surface area contributed by atoms with Crippen LogP contribution in [0.2, 0.25) is 0 Å². The van der Waals surface area contributed by atoms with Crippen LogP contribution in [0.1, 0.15) is 12.0 Å². The molecule has 2 aromatic carbocycles. The van der Waals surface area contributed by atoms with Crippen molar-refractivity contribution in [3.63, 3.8) is 0 Å². The Bertz CT molecular complexity index is 824. The van der Waals surface area contributed by atoms with Gasteiger partial charge in [-0.1, -0.05) is 30.3 Å². The molecule has 1 atom stereocenters. The van der Waals surface area contributed by atoms with E-state index in [1.807, 2.05) is 30.3 Å². The smallest absolute Gasteiger partial charge is 0.338 e. The number of rotatable bonds is 4. The number of hydrogen-bond acceptors (Lipinski definition) is 2. The summed E-state index contributed by atoms with van der Waals surface area (Å²) in [4.78, 5) is 25.8. The molecule has 0 radical (unpaired) electrons. The molecule has 1 fully saturated rings. The van der Waals surface area contributed by atoms with E-state index in [4.69, 9.17) is 0 Å². The number of nitrogens with zero attached hydrogens (tertiary/aromatic N) is 1. The summed E-state index contributed by atoms with van der Waals surface area (Å²) in [6, 6.07) is 13.2. The second-order valence-electron chi connectivity index (χ2n) is 6.29. The third kappa shape index (κ3) is 4.58. The quantitative estimate of drug-likeness (QED) is 0.850. The first-order valence-corrected chi connectivity index (χ1v) is 8.41. The summed E-state index contributed by atoms with van der Waals surface area (Å²) in [5.74, 6) is -0.155. The van der Waals surface area contributed by atoms with Crippen molar-refractivity contribution in [1.29, 1.82) is 0 Å². The molecule has 27 heavy (non-hydrogen) atoms. The number of urea groups is 1. The Balaban J connectivity index is 1.56. The zero-order chi connectivity index (χ0) is 19.4. The average molecular weight is 377 g/mol. The zero-order valence-corrected chi connectivity index (χ0v) is 14.3. The van der Waals surface area contributed by atoms with Gasteiger partial charge in [0.1, 0.15) is 0 Å².